The summed E-state index contributed by atoms with van der Waals surface area (Å²) in [4.78, 5) is 22.8. The number of nitrogens with zero attached hydrogens (tertiary/aromatic N) is 3. The molecule has 3 heterocycles. The third kappa shape index (κ3) is 2.54. The Bertz CT molecular complexity index is 799. The first-order chi connectivity index (χ1) is 11.0. The highest BCUT2D eigenvalue weighted by Gasteiger charge is 2.27. The minimum absolute atomic E-state index is 0.217. The predicted octanol–water partition coefficient (Wildman–Crippen LogP) is 3.16. The molecule has 0 saturated carbocycles. The molecule has 1 unspecified atom stereocenters. The summed E-state index contributed by atoms with van der Waals surface area (Å²) < 4.78 is 2.00. The SMILES string of the molecule is Cc1nc2sc3c(c2c(=O)n1C1CCN(C)CC1)CCC(C)C3. The van der Waals surface area contributed by atoms with Crippen LogP contribution in [0.1, 0.15) is 48.5 Å². The van der Waals surface area contributed by atoms with E-state index in [-0.39, 0.29) is 5.56 Å². The first kappa shape index (κ1) is 15.3. The van der Waals surface area contributed by atoms with Crippen molar-refractivity contribution in [2.24, 2.45) is 5.92 Å². The molecule has 124 valence electrons. The lowest BCUT2D eigenvalue weighted by atomic mass is 9.89. The van der Waals surface area contributed by atoms with E-state index in [1.807, 2.05) is 11.5 Å². The number of aromatic nitrogens is 2. The average Bonchev–Trinajstić information content (AvgIpc) is 2.86. The van der Waals surface area contributed by atoms with Gasteiger partial charge >= 0.3 is 0 Å². The lowest BCUT2D eigenvalue weighted by Crippen LogP contribution is -2.36. The van der Waals surface area contributed by atoms with Gasteiger partial charge in [0.05, 0.1) is 5.39 Å². The van der Waals surface area contributed by atoms with Gasteiger partial charge in [-0.25, -0.2) is 4.98 Å². The van der Waals surface area contributed by atoms with Gasteiger partial charge in [0.2, 0.25) is 0 Å². The molecule has 1 saturated heterocycles. The molecule has 0 radical (unpaired) electrons. The third-order valence-corrected chi connectivity index (χ3v) is 6.74. The maximum atomic E-state index is 13.3. The first-order valence-electron chi connectivity index (χ1n) is 8.76. The number of fused-ring (bicyclic) bond motifs is 3. The van der Waals surface area contributed by atoms with Crippen molar-refractivity contribution >= 4 is 21.6 Å². The average molecular weight is 331 g/mol. The molecule has 0 spiro atoms. The predicted molar refractivity (Wildman–Crippen MR) is 95.6 cm³/mol. The number of likely N-dealkylation sites (tertiary alicyclic amines) is 1. The second kappa shape index (κ2) is 5.71. The van der Waals surface area contributed by atoms with Gasteiger partial charge in [-0.05, 0) is 70.6 Å². The van der Waals surface area contributed by atoms with Gasteiger partial charge in [-0.2, -0.15) is 0 Å². The van der Waals surface area contributed by atoms with E-state index in [1.165, 1.54) is 16.9 Å². The number of rotatable bonds is 1. The van der Waals surface area contributed by atoms with Crippen LogP contribution in [0.25, 0.3) is 10.2 Å². The summed E-state index contributed by atoms with van der Waals surface area (Å²) in [6, 6.07) is 0.314. The fraction of sp³-hybridized carbons (Fsp3) is 0.667. The van der Waals surface area contributed by atoms with Crippen molar-refractivity contribution < 1.29 is 0 Å². The van der Waals surface area contributed by atoms with Crippen LogP contribution in [0.2, 0.25) is 0 Å². The lowest BCUT2D eigenvalue weighted by molar-refractivity contribution is 0.216. The Morgan fingerprint density at radius 3 is 2.70 bits per heavy atom. The third-order valence-electron chi connectivity index (χ3n) is 5.59. The monoisotopic (exact) mass is 331 g/mol. The van der Waals surface area contributed by atoms with Crippen LogP contribution in [0.4, 0.5) is 0 Å². The van der Waals surface area contributed by atoms with E-state index >= 15 is 0 Å². The topological polar surface area (TPSA) is 38.1 Å². The zero-order chi connectivity index (χ0) is 16.1. The summed E-state index contributed by atoms with van der Waals surface area (Å²) in [5.74, 6) is 1.62. The highest BCUT2D eigenvalue weighted by Crippen LogP contribution is 2.36. The summed E-state index contributed by atoms with van der Waals surface area (Å²) in [7, 11) is 2.16. The van der Waals surface area contributed by atoms with E-state index in [0.29, 0.717) is 6.04 Å². The summed E-state index contributed by atoms with van der Waals surface area (Å²) in [6.45, 7) is 6.44. The van der Waals surface area contributed by atoms with Crippen LogP contribution in [0, 0.1) is 12.8 Å². The highest BCUT2D eigenvalue weighted by molar-refractivity contribution is 7.18. The molecule has 0 amide bonds. The van der Waals surface area contributed by atoms with Crippen LogP contribution in [-0.4, -0.2) is 34.6 Å². The zero-order valence-electron chi connectivity index (χ0n) is 14.3. The maximum Gasteiger partial charge on any atom is 0.262 e. The van der Waals surface area contributed by atoms with Gasteiger partial charge in [0.25, 0.3) is 5.56 Å². The van der Waals surface area contributed by atoms with Crippen LogP contribution < -0.4 is 5.56 Å². The van der Waals surface area contributed by atoms with Crippen LogP contribution in [0.15, 0.2) is 4.79 Å². The van der Waals surface area contributed by atoms with Crippen LogP contribution >= 0.6 is 11.3 Å². The normalized spacial score (nSPS) is 23.3. The second-order valence-electron chi connectivity index (χ2n) is 7.40. The summed E-state index contributed by atoms with van der Waals surface area (Å²) in [6.07, 6.45) is 5.45. The molecule has 0 bridgehead atoms. The molecule has 4 rings (SSSR count). The summed E-state index contributed by atoms with van der Waals surface area (Å²) >= 11 is 1.75. The molecule has 1 aliphatic carbocycles. The zero-order valence-corrected chi connectivity index (χ0v) is 15.1. The minimum atomic E-state index is 0.217. The van der Waals surface area contributed by atoms with E-state index in [1.54, 1.807) is 11.3 Å². The minimum Gasteiger partial charge on any atom is -0.306 e. The molecule has 2 aromatic rings. The fourth-order valence-electron chi connectivity index (χ4n) is 4.19. The van der Waals surface area contributed by atoms with Crippen molar-refractivity contribution in [1.29, 1.82) is 0 Å². The Morgan fingerprint density at radius 2 is 1.96 bits per heavy atom. The van der Waals surface area contributed by atoms with Gasteiger partial charge in [-0.15, -0.1) is 11.3 Å². The van der Waals surface area contributed by atoms with Crippen molar-refractivity contribution in [3.05, 3.63) is 26.6 Å². The van der Waals surface area contributed by atoms with Crippen molar-refractivity contribution in [2.75, 3.05) is 20.1 Å². The van der Waals surface area contributed by atoms with Crippen LogP contribution in [0.5, 0.6) is 0 Å². The Morgan fingerprint density at radius 1 is 1.22 bits per heavy atom. The fourth-order valence-corrected chi connectivity index (χ4v) is 5.61. The highest BCUT2D eigenvalue weighted by atomic mass is 32.1. The molecule has 1 fully saturated rings. The smallest absolute Gasteiger partial charge is 0.262 e. The van der Waals surface area contributed by atoms with Gasteiger partial charge in [-0.3, -0.25) is 9.36 Å². The molecule has 4 nitrogen and oxygen atoms in total. The van der Waals surface area contributed by atoms with Crippen LogP contribution in [-0.2, 0) is 12.8 Å². The molecule has 0 N–H and O–H groups in total. The molecule has 1 aliphatic heterocycles. The second-order valence-corrected chi connectivity index (χ2v) is 8.48. The molecule has 23 heavy (non-hydrogen) atoms. The number of thiophene rings is 1. The molecular formula is C18H25N3OS. The standard InChI is InChI=1S/C18H25N3OS/c1-11-4-5-14-15(10-11)23-17-16(14)18(22)21(12(2)19-17)13-6-8-20(3)9-7-13/h11,13H,4-10H2,1-3H3. The molecule has 5 heteroatoms. The van der Waals surface area contributed by atoms with E-state index in [0.717, 1.165) is 60.7 Å². The van der Waals surface area contributed by atoms with E-state index in [2.05, 4.69) is 18.9 Å². The number of aryl methyl sites for hydroxylation is 2. The molecule has 0 aromatic carbocycles. The lowest BCUT2D eigenvalue weighted by Gasteiger charge is -2.31. The number of hydrogen-bond donors (Lipinski definition) is 0. The Labute approximate surface area is 141 Å². The largest absolute Gasteiger partial charge is 0.306 e. The van der Waals surface area contributed by atoms with Gasteiger partial charge in [0, 0.05) is 10.9 Å². The van der Waals surface area contributed by atoms with E-state index < -0.39 is 0 Å². The molecule has 2 aromatic heterocycles. The molecule has 1 atom stereocenters. The van der Waals surface area contributed by atoms with Crippen LogP contribution in [0.3, 0.4) is 0 Å². The van der Waals surface area contributed by atoms with Gasteiger partial charge < -0.3 is 4.90 Å². The quantitative estimate of drug-likeness (QED) is 0.806. The Hall–Kier alpha value is -1.20. The van der Waals surface area contributed by atoms with Crippen molar-refractivity contribution in [3.63, 3.8) is 0 Å². The van der Waals surface area contributed by atoms with Crippen molar-refractivity contribution in [1.82, 2.24) is 14.5 Å². The van der Waals surface area contributed by atoms with Crippen molar-refractivity contribution in [3.8, 4) is 0 Å². The number of hydrogen-bond acceptors (Lipinski definition) is 4. The maximum absolute atomic E-state index is 13.3. The molecule has 2 aliphatic rings. The van der Waals surface area contributed by atoms with Gasteiger partial charge in [0.15, 0.2) is 0 Å². The van der Waals surface area contributed by atoms with Gasteiger partial charge in [-0.1, -0.05) is 6.92 Å². The van der Waals surface area contributed by atoms with E-state index in [9.17, 15) is 4.79 Å². The number of piperidine rings is 1. The van der Waals surface area contributed by atoms with Gasteiger partial charge in [0.1, 0.15) is 10.7 Å². The molecular weight excluding hydrogens is 306 g/mol. The summed E-state index contributed by atoms with van der Waals surface area (Å²) in [5, 5.41) is 0.932. The van der Waals surface area contributed by atoms with E-state index in [4.69, 9.17) is 4.98 Å². The van der Waals surface area contributed by atoms with Crippen molar-refractivity contribution in [2.45, 2.75) is 52.0 Å². The Balaban J connectivity index is 1.85. The Kier molecular flexibility index (Phi) is 3.81. The first-order valence-corrected chi connectivity index (χ1v) is 9.58. The summed E-state index contributed by atoms with van der Waals surface area (Å²) in [5.41, 5.74) is 1.52.